The van der Waals surface area contributed by atoms with E-state index < -0.39 is 0 Å². The highest BCUT2D eigenvalue weighted by Crippen LogP contribution is 2.26. The number of rotatable bonds is 5. The average Bonchev–Trinajstić information content (AvgIpc) is 3.10. The molecule has 2 N–H and O–H groups in total. The fourth-order valence-corrected chi connectivity index (χ4v) is 3.47. The van der Waals surface area contributed by atoms with Crippen LogP contribution < -0.4 is 15.4 Å². The van der Waals surface area contributed by atoms with Crippen molar-refractivity contribution in [2.24, 2.45) is 0 Å². The minimum absolute atomic E-state index is 0.0285. The van der Waals surface area contributed by atoms with Crippen molar-refractivity contribution >= 4 is 51.3 Å². The van der Waals surface area contributed by atoms with E-state index >= 15 is 0 Å². The van der Waals surface area contributed by atoms with Gasteiger partial charge in [0, 0.05) is 21.5 Å². The molecule has 0 aliphatic carbocycles. The van der Waals surface area contributed by atoms with Crippen molar-refractivity contribution in [2.75, 3.05) is 5.32 Å². The van der Waals surface area contributed by atoms with Crippen molar-refractivity contribution in [1.82, 2.24) is 10.3 Å². The zero-order valence-corrected chi connectivity index (χ0v) is 17.6. The molecule has 144 valence electrons. The predicted octanol–water partition coefficient (Wildman–Crippen LogP) is 5.38. The van der Waals surface area contributed by atoms with Crippen LogP contribution >= 0.6 is 35.2 Å². The topological polar surface area (TPSA) is 63.2 Å². The second-order valence-electron chi connectivity index (χ2n) is 6.15. The summed E-state index contributed by atoms with van der Waals surface area (Å²) >= 11 is 12.5. The Bertz CT molecular complexity index is 987. The van der Waals surface area contributed by atoms with Crippen molar-refractivity contribution in [3.05, 3.63) is 64.5 Å². The number of nitrogens with zero attached hydrogens (tertiary/aromatic N) is 1. The lowest BCUT2D eigenvalue weighted by Gasteiger charge is -2.11. The van der Waals surface area contributed by atoms with Crippen LogP contribution in [-0.4, -0.2) is 22.1 Å². The number of hydrogen-bond donors (Lipinski definition) is 2. The minimum atomic E-state index is -0.318. The monoisotopic (exact) mass is 431 g/mol. The summed E-state index contributed by atoms with van der Waals surface area (Å²) in [6, 6.07) is 14.4. The van der Waals surface area contributed by atoms with Crippen LogP contribution in [0.1, 0.15) is 24.2 Å². The molecule has 3 rings (SSSR count). The van der Waals surface area contributed by atoms with Gasteiger partial charge in [0.1, 0.15) is 5.75 Å². The first-order valence-electron chi connectivity index (χ1n) is 8.51. The molecule has 0 saturated heterocycles. The lowest BCUT2D eigenvalue weighted by molar-refractivity contribution is 0.0977. The third kappa shape index (κ3) is 5.51. The van der Waals surface area contributed by atoms with E-state index in [1.807, 2.05) is 43.5 Å². The zero-order valence-electron chi connectivity index (χ0n) is 15.2. The van der Waals surface area contributed by atoms with Crippen molar-refractivity contribution in [3.8, 4) is 17.0 Å². The third-order valence-electron chi connectivity index (χ3n) is 3.56. The van der Waals surface area contributed by atoms with Crippen LogP contribution in [-0.2, 0) is 0 Å². The first kappa shape index (κ1) is 20.3. The molecule has 1 heterocycles. The van der Waals surface area contributed by atoms with Gasteiger partial charge in [0.2, 0.25) is 0 Å². The lowest BCUT2D eigenvalue weighted by Crippen LogP contribution is -2.34. The fraction of sp³-hybridized carbons (Fsp3) is 0.150. The van der Waals surface area contributed by atoms with Gasteiger partial charge in [-0.25, -0.2) is 4.98 Å². The number of amides is 1. The number of hydrogen-bond acceptors (Lipinski definition) is 5. The van der Waals surface area contributed by atoms with Gasteiger partial charge in [0.15, 0.2) is 10.2 Å². The van der Waals surface area contributed by atoms with Gasteiger partial charge in [-0.3, -0.25) is 10.1 Å². The Kier molecular flexibility index (Phi) is 6.61. The molecule has 2 aromatic carbocycles. The van der Waals surface area contributed by atoms with Gasteiger partial charge in [-0.1, -0.05) is 29.8 Å². The summed E-state index contributed by atoms with van der Waals surface area (Å²) in [6.07, 6.45) is 0.0285. The second-order valence-corrected chi connectivity index (χ2v) is 7.85. The number of halogens is 1. The number of aromatic nitrogens is 1. The molecular weight excluding hydrogens is 414 g/mol. The predicted molar refractivity (Wildman–Crippen MR) is 118 cm³/mol. The highest BCUT2D eigenvalue weighted by Gasteiger charge is 2.11. The maximum Gasteiger partial charge on any atom is 0.257 e. The highest BCUT2D eigenvalue weighted by molar-refractivity contribution is 7.80. The summed E-state index contributed by atoms with van der Waals surface area (Å²) in [5, 5.41) is 8.94. The molecule has 0 fully saturated rings. The summed E-state index contributed by atoms with van der Waals surface area (Å²) in [7, 11) is 0. The average molecular weight is 432 g/mol. The molecule has 0 aliphatic heterocycles. The van der Waals surface area contributed by atoms with E-state index in [1.165, 1.54) is 11.3 Å². The summed E-state index contributed by atoms with van der Waals surface area (Å²) in [5.41, 5.74) is 2.21. The SMILES string of the molecule is CC(C)Oc1cccc(C(=O)NC(=S)Nc2nc(-c3ccc(Cl)cc3)cs2)c1. The van der Waals surface area contributed by atoms with Crippen LogP contribution in [0, 0.1) is 0 Å². The number of anilines is 1. The van der Waals surface area contributed by atoms with Crippen LogP contribution in [0.3, 0.4) is 0 Å². The summed E-state index contributed by atoms with van der Waals surface area (Å²) < 4.78 is 5.61. The Morgan fingerprint density at radius 3 is 2.68 bits per heavy atom. The molecule has 0 aliphatic rings. The minimum Gasteiger partial charge on any atom is -0.491 e. The Labute approximate surface area is 177 Å². The second kappa shape index (κ2) is 9.14. The maximum atomic E-state index is 12.4. The highest BCUT2D eigenvalue weighted by atomic mass is 35.5. The first-order valence-corrected chi connectivity index (χ1v) is 10.2. The van der Waals surface area contributed by atoms with Crippen molar-refractivity contribution in [1.29, 1.82) is 0 Å². The van der Waals surface area contributed by atoms with Crippen molar-refractivity contribution in [3.63, 3.8) is 0 Å². The molecule has 0 bridgehead atoms. The van der Waals surface area contributed by atoms with Gasteiger partial charge in [-0.2, -0.15) is 0 Å². The van der Waals surface area contributed by atoms with Crippen LogP contribution in [0.25, 0.3) is 11.3 Å². The summed E-state index contributed by atoms with van der Waals surface area (Å²) in [5.74, 6) is 0.315. The van der Waals surface area contributed by atoms with E-state index in [2.05, 4.69) is 15.6 Å². The van der Waals surface area contributed by atoms with E-state index in [1.54, 1.807) is 24.3 Å². The fourth-order valence-electron chi connectivity index (χ4n) is 2.37. The molecule has 28 heavy (non-hydrogen) atoms. The molecule has 0 radical (unpaired) electrons. The number of carbonyl (C=O) groups is 1. The summed E-state index contributed by atoms with van der Waals surface area (Å²) in [4.78, 5) is 16.9. The standard InChI is InChI=1S/C20H18ClN3O2S2/c1-12(2)26-16-5-3-4-14(10-16)18(25)23-19(27)24-20-22-17(11-28-20)13-6-8-15(21)9-7-13/h3-12H,1-2H3,(H2,22,23,24,25,27). The maximum absolute atomic E-state index is 12.4. The van der Waals surface area contributed by atoms with E-state index in [0.29, 0.717) is 21.5 Å². The Hall–Kier alpha value is -2.48. The van der Waals surface area contributed by atoms with Crippen LogP contribution in [0.4, 0.5) is 5.13 Å². The van der Waals surface area contributed by atoms with Crippen molar-refractivity contribution < 1.29 is 9.53 Å². The quantitative estimate of drug-likeness (QED) is 0.531. The van der Waals surface area contributed by atoms with E-state index in [0.717, 1.165) is 11.3 Å². The zero-order chi connectivity index (χ0) is 20.1. The molecule has 0 saturated carbocycles. The van der Waals surface area contributed by atoms with Gasteiger partial charge in [-0.15, -0.1) is 11.3 Å². The first-order chi connectivity index (χ1) is 13.4. The molecule has 8 heteroatoms. The van der Waals surface area contributed by atoms with Crippen LogP contribution in [0.15, 0.2) is 53.9 Å². The molecule has 3 aromatic rings. The molecule has 1 aromatic heterocycles. The Morgan fingerprint density at radius 2 is 1.96 bits per heavy atom. The third-order valence-corrected chi connectivity index (χ3v) is 4.77. The number of nitrogens with one attached hydrogen (secondary N) is 2. The van der Waals surface area contributed by atoms with Gasteiger partial charge >= 0.3 is 0 Å². The smallest absolute Gasteiger partial charge is 0.257 e. The molecule has 0 spiro atoms. The number of ether oxygens (including phenoxy) is 1. The Balaban J connectivity index is 1.61. The molecule has 1 amide bonds. The largest absolute Gasteiger partial charge is 0.491 e. The van der Waals surface area contributed by atoms with Crippen LogP contribution in [0.5, 0.6) is 5.75 Å². The normalized spacial score (nSPS) is 10.6. The molecule has 0 atom stereocenters. The number of benzene rings is 2. The van der Waals surface area contributed by atoms with Gasteiger partial charge in [0.05, 0.1) is 11.8 Å². The lowest BCUT2D eigenvalue weighted by atomic mass is 10.2. The van der Waals surface area contributed by atoms with E-state index in [-0.39, 0.29) is 17.1 Å². The van der Waals surface area contributed by atoms with Gasteiger partial charge in [0.25, 0.3) is 5.91 Å². The van der Waals surface area contributed by atoms with E-state index in [9.17, 15) is 4.79 Å². The van der Waals surface area contributed by atoms with Gasteiger partial charge < -0.3 is 10.1 Å². The molecule has 5 nitrogen and oxygen atoms in total. The molecular formula is C20H18ClN3O2S2. The number of thiazole rings is 1. The van der Waals surface area contributed by atoms with Crippen molar-refractivity contribution in [2.45, 2.75) is 20.0 Å². The van der Waals surface area contributed by atoms with E-state index in [4.69, 9.17) is 28.6 Å². The number of thiocarbonyl (C=S) groups is 1. The molecule has 0 unspecified atom stereocenters. The van der Waals surface area contributed by atoms with Crippen LogP contribution in [0.2, 0.25) is 5.02 Å². The summed E-state index contributed by atoms with van der Waals surface area (Å²) in [6.45, 7) is 3.86. The number of carbonyl (C=O) groups excluding carboxylic acids is 1. The Morgan fingerprint density at radius 1 is 1.21 bits per heavy atom. The van der Waals surface area contributed by atoms with Gasteiger partial charge in [-0.05, 0) is 56.4 Å².